The SMILES string of the molecule is Cc1ccc(OCC(O)COC(=O)CCC(C)C)cc1. The number of carbonyl (C=O) groups is 1. The van der Waals surface area contributed by atoms with E-state index in [1.807, 2.05) is 31.2 Å². The molecular formula is C16H24O4. The normalized spacial score (nSPS) is 12.2. The fraction of sp³-hybridized carbons (Fsp3) is 0.562. The minimum Gasteiger partial charge on any atom is -0.491 e. The molecule has 1 atom stereocenters. The van der Waals surface area contributed by atoms with Gasteiger partial charge in [0.2, 0.25) is 0 Å². The number of benzene rings is 1. The predicted octanol–water partition coefficient (Wildman–Crippen LogP) is 2.71. The van der Waals surface area contributed by atoms with Crippen molar-refractivity contribution in [2.45, 2.75) is 39.7 Å². The summed E-state index contributed by atoms with van der Waals surface area (Å²) in [5, 5.41) is 9.69. The van der Waals surface area contributed by atoms with E-state index in [0.717, 1.165) is 12.0 Å². The number of esters is 1. The number of hydrogen-bond donors (Lipinski definition) is 1. The first-order valence-corrected chi connectivity index (χ1v) is 7.00. The summed E-state index contributed by atoms with van der Waals surface area (Å²) in [6, 6.07) is 7.56. The third kappa shape index (κ3) is 7.14. The standard InChI is InChI=1S/C16H24O4/c1-12(2)4-9-16(18)20-11-14(17)10-19-15-7-5-13(3)6-8-15/h5-8,12,14,17H,4,9-11H2,1-3H3. The molecule has 4 heteroatoms. The molecule has 0 saturated heterocycles. The van der Waals surface area contributed by atoms with Crippen LogP contribution in [0.2, 0.25) is 0 Å². The molecule has 0 aliphatic heterocycles. The zero-order chi connectivity index (χ0) is 15.0. The lowest BCUT2D eigenvalue weighted by molar-refractivity contribution is -0.147. The van der Waals surface area contributed by atoms with Gasteiger partial charge in [-0.1, -0.05) is 31.5 Å². The van der Waals surface area contributed by atoms with Crippen LogP contribution in [-0.2, 0) is 9.53 Å². The number of carbonyl (C=O) groups excluding carboxylic acids is 1. The molecule has 112 valence electrons. The molecule has 1 unspecified atom stereocenters. The molecule has 0 radical (unpaired) electrons. The second-order valence-corrected chi connectivity index (χ2v) is 5.39. The summed E-state index contributed by atoms with van der Waals surface area (Å²) >= 11 is 0. The number of aliphatic hydroxyl groups excluding tert-OH is 1. The number of aliphatic hydroxyl groups is 1. The van der Waals surface area contributed by atoms with Crippen molar-refractivity contribution in [3.05, 3.63) is 29.8 Å². The van der Waals surface area contributed by atoms with E-state index in [4.69, 9.17) is 9.47 Å². The molecule has 0 spiro atoms. The molecule has 1 N–H and O–H groups in total. The number of aryl methyl sites for hydroxylation is 1. The topological polar surface area (TPSA) is 55.8 Å². The third-order valence-electron chi connectivity index (χ3n) is 2.83. The Hall–Kier alpha value is -1.55. The maximum atomic E-state index is 11.4. The highest BCUT2D eigenvalue weighted by molar-refractivity contribution is 5.69. The van der Waals surface area contributed by atoms with E-state index in [1.54, 1.807) is 0 Å². The second kappa shape index (κ2) is 8.59. The first-order valence-electron chi connectivity index (χ1n) is 7.00. The highest BCUT2D eigenvalue weighted by Crippen LogP contribution is 2.11. The van der Waals surface area contributed by atoms with Crippen molar-refractivity contribution in [2.75, 3.05) is 13.2 Å². The van der Waals surface area contributed by atoms with E-state index in [9.17, 15) is 9.90 Å². The fourth-order valence-corrected chi connectivity index (χ4v) is 1.54. The van der Waals surface area contributed by atoms with Crippen LogP contribution in [0.1, 0.15) is 32.3 Å². The molecule has 1 aromatic rings. The quantitative estimate of drug-likeness (QED) is 0.744. The van der Waals surface area contributed by atoms with Gasteiger partial charge in [0, 0.05) is 6.42 Å². The number of hydrogen-bond acceptors (Lipinski definition) is 4. The first kappa shape index (κ1) is 16.5. The summed E-state index contributed by atoms with van der Waals surface area (Å²) in [4.78, 5) is 11.4. The molecule has 0 bridgehead atoms. The Bertz CT molecular complexity index is 397. The van der Waals surface area contributed by atoms with E-state index in [-0.39, 0.29) is 19.2 Å². The van der Waals surface area contributed by atoms with Crippen LogP contribution in [0.15, 0.2) is 24.3 Å². The molecule has 0 saturated carbocycles. The van der Waals surface area contributed by atoms with Crippen LogP contribution in [-0.4, -0.2) is 30.4 Å². The zero-order valence-electron chi connectivity index (χ0n) is 12.5. The van der Waals surface area contributed by atoms with Crippen molar-refractivity contribution in [3.63, 3.8) is 0 Å². The molecule has 0 fully saturated rings. The molecule has 0 aromatic heterocycles. The van der Waals surface area contributed by atoms with Crippen molar-refractivity contribution in [3.8, 4) is 5.75 Å². The minimum atomic E-state index is -0.806. The minimum absolute atomic E-state index is 0.0250. The van der Waals surface area contributed by atoms with Crippen LogP contribution < -0.4 is 4.74 Å². The second-order valence-electron chi connectivity index (χ2n) is 5.39. The summed E-state index contributed by atoms with van der Waals surface area (Å²) in [5.74, 6) is 0.895. The highest BCUT2D eigenvalue weighted by atomic mass is 16.5. The van der Waals surface area contributed by atoms with Crippen molar-refractivity contribution in [2.24, 2.45) is 5.92 Å². The van der Waals surface area contributed by atoms with Gasteiger partial charge in [0.1, 0.15) is 25.1 Å². The van der Waals surface area contributed by atoms with Crippen LogP contribution in [0.4, 0.5) is 0 Å². The smallest absolute Gasteiger partial charge is 0.305 e. The summed E-state index contributed by atoms with van der Waals surface area (Å²) < 4.78 is 10.4. The Morgan fingerprint density at radius 3 is 2.45 bits per heavy atom. The Morgan fingerprint density at radius 2 is 1.85 bits per heavy atom. The highest BCUT2D eigenvalue weighted by Gasteiger charge is 2.10. The zero-order valence-corrected chi connectivity index (χ0v) is 12.5. The monoisotopic (exact) mass is 280 g/mol. The molecule has 1 aromatic carbocycles. The largest absolute Gasteiger partial charge is 0.491 e. The summed E-state index contributed by atoms with van der Waals surface area (Å²) in [7, 11) is 0. The number of ether oxygens (including phenoxy) is 2. The Morgan fingerprint density at radius 1 is 1.20 bits per heavy atom. The van der Waals surface area contributed by atoms with Gasteiger partial charge in [-0.3, -0.25) is 4.79 Å². The maximum absolute atomic E-state index is 11.4. The van der Waals surface area contributed by atoms with Crippen molar-refractivity contribution >= 4 is 5.97 Å². The fourth-order valence-electron chi connectivity index (χ4n) is 1.54. The molecular weight excluding hydrogens is 256 g/mol. The Labute approximate surface area is 120 Å². The van der Waals surface area contributed by atoms with E-state index in [2.05, 4.69) is 13.8 Å². The van der Waals surface area contributed by atoms with Crippen LogP contribution in [0.3, 0.4) is 0 Å². The van der Waals surface area contributed by atoms with Gasteiger partial charge in [-0.2, -0.15) is 0 Å². The van der Waals surface area contributed by atoms with Crippen molar-refractivity contribution < 1.29 is 19.4 Å². The molecule has 20 heavy (non-hydrogen) atoms. The van der Waals surface area contributed by atoms with Gasteiger partial charge in [0.15, 0.2) is 0 Å². The van der Waals surface area contributed by atoms with Crippen molar-refractivity contribution in [1.29, 1.82) is 0 Å². The summed E-state index contributed by atoms with van der Waals surface area (Å²) in [5.41, 5.74) is 1.15. The van der Waals surface area contributed by atoms with Gasteiger partial charge in [0.25, 0.3) is 0 Å². The average Bonchev–Trinajstić information content (AvgIpc) is 2.42. The predicted molar refractivity (Wildman–Crippen MR) is 77.7 cm³/mol. The van der Waals surface area contributed by atoms with Gasteiger partial charge in [-0.25, -0.2) is 0 Å². The van der Waals surface area contributed by atoms with Gasteiger partial charge in [0.05, 0.1) is 0 Å². The van der Waals surface area contributed by atoms with E-state index in [1.165, 1.54) is 0 Å². The van der Waals surface area contributed by atoms with Crippen molar-refractivity contribution in [1.82, 2.24) is 0 Å². The Kier molecular flexibility index (Phi) is 7.09. The van der Waals surface area contributed by atoms with Gasteiger partial charge < -0.3 is 14.6 Å². The number of rotatable bonds is 8. The first-order chi connectivity index (χ1) is 9.47. The third-order valence-corrected chi connectivity index (χ3v) is 2.83. The van der Waals surface area contributed by atoms with Gasteiger partial charge >= 0.3 is 5.97 Å². The lowest BCUT2D eigenvalue weighted by Gasteiger charge is -2.13. The molecule has 0 aliphatic carbocycles. The van der Waals surface area contributed by atoms with Gasteiger partial charge in [-0.05, 0) is 31.4 Å². The van der Waals surface area contributed by atoms with E-state index >= 15 is 0 Å². The van der Waals surface area contributed by atoms with Crippen LogP contribution in [0.25, 0.3) is 0 Å². The van der Waals surface area contributed by atoms with Gasteiger partial charge in [-0.15, -0.1) is 0 Å². The van der Waals surface area contributed by atoms with Crippen LogP contribution in [0.5, 0.6) is 5.75 Å². The molecule has 1 rings (SSSR count). The van der Waals surface area contributed by atoms with Crippen LogP contribution >= 0.6 is 0 Å². The Balaban J connectivity index is 2.18. The maximum Gasteiger partial charge on any atom is 0.305 e. The lowest BCUT2D eigenvalue weighted by Crippen LogP contribution is -2.25. The van der Waals surface area contributed by atoms with E-state index in [0.29, 0.717) is 18.1 Å². The lowest BCUT2D eigenvalue weighted by atomic mass is 10.1. The summed E-state index contributed by atoms with van der Waals surface area (Å²) in [6.07, 6.45) is 0.386. The van der Waals surface area contributed by atoms with Crippen LogP contribution in [0, 0.1) is 12.8 Å². The summed E-state index contributed by atoms with van der Waals surface area (Å²) in [6.45, 7) is 6.19. The molecule has 0 heterocycles. The average molecular weight is 280 g/mol. The molecule has 4 nitrogen and oxygen atoms in total. The van der Waals surface area contributed by atoms with E-state index < -0.39 is 6.10 Å². The molecule has 0 aliphatic rings. The molecule has 0 amide bonds.